The summed E-state index contributed by atoms with van der Waals surface area (Å²) in [6.45, 7) is 3.24. The van der Waals surface area contributed by atoms with Gasteiger partial charge in [-0.25, -0.2) is 0 Å². The van der Waals surface area contributed by atoms with Gasteiger partial charge in [-0.2, -0.15) is 25.3 Å². The number of carbonyl (C=O) groups is 2. The van der Waals surface area contributed by atoms with Crippen molar-refractivity contribution in [3.05, 3.63) is 0 Å². The fourth-order valence-corrected chi connectivity index (χ4v) is 2.45. The van der Waals surface area contributed by atoms with Crippen molar-refractivity contribution in [2.24, 2.45) is 5.92 Å². The summed E-state index contributed by atoms with van der Waals surface area (Å²) in [7, 11) is 0. The highest BCUT2D eigenvalue weighted by atomic mass is 32.1. The Kier molecular flexibility index (Phi) is 15.3. The van der Waals surface area contributed by atoms with Crippen LogP contribution in [0.15, 0.2) is 0 Å². The van der Waals surface area contributed by atoms with Gasteiger partial charge in [-0.15, -0.1) is 0 Å². The number of esters is 2. The van der Waals surface area contributed by atoms with Crippen LogP contribution in [0.4, 0.5) is 0 Å². The van der Waals surface area contributed by atoms with Gasteiger partial charge in [0.15, 0.2) is 0 Å². The monoisotopic (exact) mass is 350 g/mol. The lowest BCUT2D eigenvalue weighted by Crippen LogP contribution is -2.08. The third-order valence-electron chi connectivity index (χ3n) is 3.63. The van der Waals surface area contributed by atoms with Crippen LogP contribution in [-0.2, 0) is 19.1 Å². The van der Waals surface area contributed by atoms with E-state index in [4.69, 9.17) is 9.47 Å². The zero-order chi connectivity index (χ0) is 16.6. The molecule has 0 aliphatic carbocycles. The number of rotatable bonds is 14. The molecule has 0 saturated carbocycles. The zero-order valence-electron chi connectivity index (χ0n) is 13.6. The first kappa shape index (κ1) is 21.6. The SMILES string of the molecule is CCC(CCCCCOC(=O)CS)CCCCOC(=O)CS. The Balaban J connectivity index is 3.47. The van der Waals surface area contributed by atoms with Crippen LogP contribution in [0.1, 0.15) is 58.3 Å². The van der Waals surface area contributed by atoms with Crippen molar-refractivity contribution >= 4 is 37.2 Å². The molecule has 0 rings (SSSR count). The zero-order valence-corrected chi connectivity index (χ0v) is 15.4. The smallest absolute Gasteiger partial charge is 0.315 e. The summed E-state index contributed by atoms with van der Waals surface area (Å²) < 4.78 is 9.98. The Morgan fingerprint density at radius 1 is 0.818 bits per heavy atom. The van der Waals surface area contributed by atoms with Gasteiger partial charge in [0.1, 0.15) is 0 Å². The predicted octanol–water partition coefficient (Wildman–Crippen LogP) is 3.69. The van der Waals surface area contributed by atoms with E-state index in [0.29, 0.717) is 13.2 Å². The number of hydrogen-bond acceptors (Lipinski definition) is 6. The summed E-state index contributed by atoms with van der Waals surface area (Å²) in [6.07, 6.45) is 8.80. The van der Waals surface area contributed by atoms with Crippen LogP contribution < -0.4 is 0 Å². The third kappa shape index (κ3) is 13.3. The molecule has 0 aliphatic heterocycles. The maximum Gasteiger partial charge on any atom is 0.315 e. The Labute approximate surface area is 145 Å². The van der Waals surface area contributed by atoms with E-state index in [1.165, 1.54) is 25.7 Å². The van der Waals surface area contributed by atoms with Gasteiger partial charge in [-0.1, -0.05) is 39.0 Å². The molecular weight excluding hydrogens is 320 g/mol. The van der Waals surface area contributed by atoms with E-state index >= 15 is 0 Å². The minimum absolute atomic E-state index is 0.154. The molecule has 6 heteroatoms. The van der Waals surface area contributed by atoms with E-state index in [1.54, 1.807) is 0 Å². The number of carbonyl (C=O) groups excluding carboxylic acids is 2. The highest BCUT2D eigenvalue weighted by Crippen LogP contribution is 2.20. The fraction of sp³-hybridized carbons (Fsp3) is 0.875. The lowest BCUT2D eigenvalue weighted by atomic mass is 9.93. The Morgan fingerprint density at radius 3 is 1.73 bits per heavy atom. The summed E-state index contributed by atoms with van der Waals surface area (Å²) in [5, 5.41) is 0. The average molecular weight is 351 g/mol. The topological polar surface area (TPSA) is 52.6 Å². The maximum absolute atomic E-state index is 10.9. The molecule has 130 valence electrons. The molecule has 0 heterocycles. The minimum Gasteiger partial charge on any atom is -0.465 e. The van der Waals surface area contributed by atoms with Crippen molar-refractivity contribution in [1.29, 1.82) is 0 Å². The third-order valence-corrected chi connectivity index (χ3v) is 4.14. The van der Waals surface area contributed by atoms with Gasteiger partial charge in [0.2, 0.25) is 0 Å². The van der Waals surface area contributed by atoms with Crippen LogP contribution in [-0.4, -0.2) is 36.7 Å². The molecular formula is C16H30O4S2. The van der Waals surface area contributed by atoms with Crippen molar-refractivity contribution in [3.8, 4) is 0 Å². The molecule has 4 nitrogen and oxygen atoms in total. The number of unbranched alkanes of at least 4 members (excludes halogenated alkanes) is 3. The predicted molar refractivity (Wildman–Crippen MR) is 95.7 cm³/mol. The van der Waals surface area contributed by atoms with Crippen LogP contribution in [0.3, 0.4) is 0 Å². The molecule has 22 heavy (non-hydrogen) atoms. The van der Waals surface area contributed by atoms with Crippen molar-refractivity contribution < 1.29 is 19.1 Å². The molecule has 0 aromatic rings. The summed E-state index contributed by atoms with van der Waals surface area (Å²) in [6, 6.07) is 0. The van der Waals surface area contributed by atoms with Crippen LogP contribution in [0.2, 0.25) is 0 Å². The normalized spacial score (nSPS) is 12.0. The first-order chi connectivity index (χ1) is 10.6. The van der Waals surface area contributed by atoms with E-state index < -0.39 is 0 Å². The minimum atomic E-state index is -0.242. The second kappa shape index (κ2) is 15.5. The lowest BCUT2D eigenvalue weighted by Gasteiger charge is -2.14. The lowest BCUT2D eigenvalue weighted by molar-refractivity contribution is -0.141. The van der Waals surface area contributed by atoms with Crippen LogP contribution in [0.5, 0.6) is 0 Å². The molecule has 0 fully saturated rings. The van der Waals surface area contributed by atoms with E-state index in [9.17, 15) is 9.59 Å². The number of hydrogen-bond donors (Lipinski definition) is 2. The molecule has 0 aromatic heterocycles. The van der Waals surface area contributed by atoms with Gasteiger partial charge in [0.25, 0.3) is 0 Å². The van der Waals surface area contributed by atoms with Gasteiger partial charge < -0.3 is 9.47 Å². The molecule has 0 bridgehead atoms. The largest absolute Gasteiger partial charge is 0.465 e. The molecule has 0 aliphatic rings. The molecule has 0 amide bonds. The summed E-state index contributed by atoms with van der Waals surface area (Å²) in [5.41, 5.74) is 0. The molecule has 1 unspecified atom stereocenters. The van der Waals surface area contributed by atoms with E-state index in [1.807, 2.05) is 0 Å². The molecule has 0 aromatic carbocycles. The first-order valence-electron chi connectivity index (χ1n) is 8.17. The van der Waals surface area contributed by atoms with Crippen molar-refractivity contribution in [1.82, 2.24) is 0 Å². The summed E-state index contributed by atoms with van der Waals surface area (Å²) >= 11 is 7.72. The second-order valence-electron chi connectivity index (χ2n) is 5.38. The molecule has 0 saturated heterocycles. The second-order valence-corrected chi connectivity index (χ2v) is 6.01. The molecule has 1 atom stereocenters. The number of thiol groups is 2. The Morgan fingerprint density at radius 2 is 1.27 bits per heavy atom. The van der Waals surface area contributed by atoms with Crippen LogP contribution in [0.25, 0.3) is 0 Å². The summed E-state index contributed by atoms with van der Waals surface area (Å²) in [4.78, 5) is 21.8. The van der Waals surface area contributed by atoms with Crippen LogP contribution in [0, 0.1) is 5.92 Å². The van der Waals surface area contributed by atoms with E-state index in [0.717, 1.165) is 31.6 Å². The Hall–Kier alpha value is -0.360. The van der Waals surface area contributed by atoms with Gasteiger partial charge in [-0.3, -0.25) is 9.59 Å². The van der Waals surface area contributed by atoms with Crippen LogP contribution >= 0.6 is 25.3 Å². The maximum atomic E-state index is 10.9. The fourth-order valence-electron chi connectivity index (χ4n) is 2.26. The van der Waals surface area contributed by atoms with E-state index in [2.05, 4.69) is 32.2 Å². The highest BCUT2D eigenvalue weighted by Gasteiger charge is 2.07. The van der Waals surface area contributed by atoms with Gasteiger partial charge in [0.05, 0.1) is 24.7 Å². The quantitative estimate of drug-likeness (QED) is 0.285. The molecule has 0 radical (unpaired) electrons. The van der Waals surface area contributed by atoms with E-state index in [-0.39, 0.29) is 23.4 Å². The van der Waals surface area contributed by atoms with Crippen molar-refractivity contribution in [3.63, 3.8) is 0 Å². The molecule has 0 spiro atoms. The standard InChI is InChI=1S/C16H30O4S2/c1-2-14(9-5-7-11-20-16(18)13-22)8-4-3-6-10-19-15(17)12-21/h14,21-22H,2-13H2,1H3. The van der Waals surface area contributed by atoms with Gasteiger partial charge >= 0.3 is 11.9 Å². The average Bonchev–Trinajstić information content (AvgIpc) is 2.54. The highest BCUT2D eigenvalue weighted by molar-refractivity contribution is 7.81. The Bertz CT molecular complexity index is 298. The van der Waals surface area contributed by atoms with Crippen molar-refractivity contribution in [2.75, 3.05) is 24.7 Å². The van der Waals surface area contributed by atoms with Crippen molar-refractivity contribution in [2.45, 2.75) is 58.3 Å². The van der Waals surface area contributed by atoms with Gasteiger partial charge in [-0.05, 0) is 25.2 Å². The summed E-state index contributed by atoms with van der Waals surface area (Å²) in [5.74, 6) is 0.560. The molecule has 0 N–H and O–H groups in total. The van der Waals surface area contributed by atoms with Gasteiger partial charge in [0, 0.05) is 0 Å². The first-order valence-corrected chi connectivity index (χ1v) is 9.43. The number of ether oxygens (including phenoxy) is 2.